The molecule has 1 aromatic carbocycles. The van der Waals surface area contributed by atoms with Crippen molar-refractivity contribution in [3.63, 3.8) is 0 Å². The molecule has 3 aromatic heterocycles. The third kappa shape index (κ3) is 3.37. The van der Waals surface area contributed by atoms with Gasteiger partial charge in [-0.3, -0.25) is 14.7 Å². The van der Waals surface area contributed by atoms with Crippen molar-refractivity contribution in [1.82, 2.24) is 14.9 Å². The second-order valence-electron chi connectivity index (χ2n) is 7.15. The predicted molar refractivity (Wildman–Crippen MR) is 114 cm³/mol. The van der Waals surface area contributed by atoms with Crippen molar-refractivity contribution in [3.8, 4) is 0 Å². The fraction of sp³-hybridized carbons (Fsp3) is 0.227. The van der Waals surface area contributed by atoms with Crippen molar-refractivity contribution in [2.24, 2.45) is 5.73 Å². The van der Waals surface area contributed by atoms with Crippen molar-refractivity contribution in [1.29, 1.82) is 0 Å². The Balaban J connectivity index is 1.46. The molecular formula is C22H20N4O2S. The summed E-state index contributed by atoms with van der Waals surface area (Å²) < 4.78 is 6.09. The summed E-state index contributed by atoms with van der Waals surface area (Å²) in [7, 11) is 0. The first-order valence-corrected chi connectivity index (χ1v) is 10.4. The lowest BCUT2D eigenvalue weighted by molar-refractivity contribution is -0.0321. The maximum atomic E-state index is 12.1. The molecule has 1 atom stereocenters. The van der Waals surface area contributed by atoms with Gasteiger partial charge in [-0.25, -0.2) is 4.98 Å². The fourth-order valence-corrected chi connectivity index (χ4v) is 5.06. The molecule has 5 rings (SSSR count). The Bertz CT molecular complexity index is 1200. The zero-order valence-electron chi connectivity index (χ0n) is 15.7. The zero-order chi connectivity index (χ0) is 19.8. The summed E-state index contributed by atoms with van der Waals surface area (Å²) in [6, 6.07) is 14.1. The molecule has 7 heteroatoms. The van der Waals surface area contributed by atoms with Gasteiger partial charge in [-0.15, -0.1) is 11.3 Å². The first-order valence-electron chi connectivity index (χ1n) is 9.54. The van der Waals surface area contributed by atoms with Crippen LogP contribution < -0.4 is 5.73 Å². The van der Waals surface area contributed by atoms with E-state index in [0.717, 1.165) is 34.4 Å². The summed E-state index contributed by atoms with van der Waals surface area (Å²) in [6.07, 6.45) is 3.38. The highest BCUT2D eigenvalue weighted by atomic mass is 32.1. The van der Waals surface area contributed by atoms with Gasteiger partial charge in [0, 0.05) is 48.4 Å². The first-order chi connectivity index (χ1) is 14.2. The Morgan fingerprint density at radius 2 is 2.00 bits per heavy atom. The Kier molecular flexibility index (Phi) is 4.71. The minimum Gasteiger partial charge on any atom is -0.371 e. The summed E-state index contributed by atoms with van der Waals surface area (Å²) >= 11 is 1.34. The lowest BCUT2D eigenvalue weighted by atomic mass is 10.0. The molecule has 1 aliphatic rings. The lowest BCUT2D eigenvalue weighted by Crippen LogP contribution is -2.38. The Morgan fingerprint density at radius 3 is 2.90 bits per heavy atom. The summed E-state index contributed by atoms with van der Waals surface area (Å²) in [6.45, 7) is 2.93. The molecule has 6 nitrogen and oxygen atoms in total. The molecule has 1 saturated heterocycles. The Labute approximate surface area is 171 Å². The Hall–Kier alpha value is -2.87. The highest BCUT2D eigenvalue weighted by Crippen LogP contribution is 2.37. The van der Waals surface area contributed by atoms with Gasteiger partial charge in [0.1, 0.15) is 9.71 Å². The lowest BCUT2D eigenvalue weighted by Gasteiger charge is -2.33. The van der Waals surface area contributed by atoms with Crippen molar-refractivity contribution < 1.29 is 9.53 Å². The molecule has 1 amide bonds. The summed E-state index contributed by atoms with van der Waals surface area (Å²) in [5.41, 5.74) is 8.78. The number of hydrogen-bond acceptors (Lipinski definition) is 6. The molecule has 4 heterocycles. The second-order valence-corrected chi connectivity index (χ2v) is 8.15. The standard InChI is InChI=1S/C22H20N4O2S/c23-21(27)20-19(16-5-3-8-25-22(16)29-20)18-13-26(10-11-28-18)12-14-7-9-24-17-6-2-1-4-15(14)17/h1-9,18H,10-13H2,(H2,23,27)/t18-/m1/s1. The van der Waals surface area contributed by atoms with Gasteiger partial charge in [0.15, 0.2) is 0 Å². The Morgan fingerprint density at radius 1 is 1.14 bits per heavy atom. The van der Waals surface area contributed by atoms with Gasteiger partial charge in [-0.2, -0.15) is 0 Å². The highest BCUT2D eigenvalue weighted by molar-refractivity contribution is 7.20. The molecular weight excluding hydrogens is 384 g/mol. The van der Waals surface area contributed by atoms with Gasteiger partial charge in [-0.05, 0) is 23.8 Å². The summed E-state index contributed by atoms with van der Waals surface area (Å²) in [5, 5.41) is 2.12. The van der Waals surface area contributed by atoms with Crippen LogP contribution in [0, 0.1) is 0 Å². The highest BCUT2D eigenvalue weighted by Gasteiger charge is 2.29. The second kappa shape index (κ2) is 7.51. The van der Waals surface area contributed by atoms with Gasteiger partial charge in [0.2, 0.25) is 0 Å². The number of primary amides is 1. The number of carbonyl (C=O) groups is 1. The molecule has 146 valence electrons. The van der Waals surface area contributed by atoms with E-state index in [-0.39, 0.29) is 6.10 Å². The molecule has 29 heavy (non-hydrogen) atoms. The number of rotatable bonds is 4. The van der Waals surface area contributed by atoms with E-state index < -0.39 is 5.91 Å². The third-order valence-electron chi connectivity index (χ3n) is 5.33. The number of fused-ring (bicyclic) bond motifs is 2. The number of pyridine rings is 2. The number of nitrogens with two attached hydrogens (primary N) is 1. The molecule has 0 spiro atoms. The van der Waals surface area contributed by atoms with E-state index in [1.165, 1.54) is 22.3 Å². The van der Waals surface area contributed by atoms with Crippen molar-refractivity contribution in [2.45, 2.75) is 12.6 Å². The molecule has 0 radical (unpaired) electrons. The van der Waals surface area contributed by atoms with E-state index in [2.05, 4.69) is 27.0 Å². The average molecular weight is 404 g/mol. The number of thiophene rings is 1. The SMILES string of the molecule is NC(=O)c1sc2ncccc2c1[C@H]1CN(Cc2ccnc3ccccc23)CCO1. The van der Waals surface area contributed by atoms with Crippen LogP contribution in [0.2, 0.25) is 0 Å². The molecule has 1 aliphatic heterocycles. The predicted octanol–water partition coefficient (Wildman–Crippen LogP) is 3.52. The number of carbonyl (C=O) groups excluding carboxylic acids is 1. The van der Waals surface area contributed by atoms with Gasteiger partial charge in [0.25, 0.3) is 5.91 Å². The van der Waals surface area contributed by atoms with Crippen molar-refractivity contribution in [3.05, 3.63) is 70.9 Å². The molecule has 1 fully saturated rings. The van der Waals surface area contributed by atoms with Gasteiger partial charge in [0.05, 0.1) is 18.2 Å². The van der Waals surface area contributed by atoms with Crippen LogP contribution in [0.1, 0.15) is 26.9 Å². The first kappa shape index (κ1) is 18.2. The number of morpholine rings is 1. The van der Waals surface area contributed by atoms with Crippen LogP contribution in [0.15, 0.2) is 54.9 Å². The van der Waals surface area contributed by atoms with Crippen LogP contribution in [0.3, 0.4) is 0 Å². The van der Waals surface area contributed by atoms with Crippen LogP contribution in [-0.4, -0.2) is 40.5 Å². The fourth-order valence-electron chi connectivity index (χ4n) is 4.01. The number of ether oxygens (including phenoxy) is 1. The normalized spacial score (nSPS) is 17.7. The number of aromatic nitrogens is 2. The number of amides is 1. The quantitative estimate of drug-likeness (QED) is 0.563. The van der Waals surface area contributed by atoms with Crippen LogP contribution >= 0.6 is 11.3 Å². The molecule has 0 aliphatic carbocycles. The van der Waals surface area contributed by atoms with E-state index in [9.17, 15) is 4.79 Å². The zero-order valence-corrected chi connectivity index (χ0v) is 16.6. The van der Waals surface area contributed by atoms with Crippen LogP contribution in [0.5, 0.6) is 0 Å². The molecule has 0 saturated carbocycles. The molecule has 0 unspecified atom stereocenters. The molecule has 2 N–H and O–H groups in total. The van der Waals surface area contributed by atoms with Crippen molar-refractivity contribution in [2.75, 3.05) is 19.7 Å². The maximum absolute atomic E-state index is 12.1. The van der Waals surface area contributed by atoms with E-state index in [0.29, 0.717) is 18.0 Å². The van der Waals surface area contributed by atoms with E-state index in [1.807, 2.05) is 36.5 Å². The molecule has 4 aromatic rings. The van der Waals surface area contributed by atoms with Gasteiger partial charge >= 0.3 is 0 Å². The van der Waals surface area contributed by atoms with Gasteiger partial charge < -0.3 is 10.5 Å². The summed E-state index contributed by atoms with van der Waals surface area (Å²) in [4.78, 5) is 24.7. The minimum atomic E-state index is -0.427. The maximum Gasteiger partial charge on any atom is 0.259 e. The van der Waals surface area contributed by atoms with E-state index in [4.69, 9.17) is 10.5 Å². The monoisotopic (exact) mass is 404 g/mol. The van der Waals surface area contributed by atoms with Crippen LogP contribution in [0.25, 0.3) is 21.1 Å². The smallest absolute Gasteiger partial charge is 0.259 e. The number of para-hydroxylation sites is 1. The van der Waals surface area contributed by atoms with Crippen LogP contribution in [-0.2, 0) is 11.3 Å². The summed E-state index contributed by atoms with van der Waals surface area (Å²) in [5.74, 6) is -0.427. The number of hydrogen-bond donors (Lipinski definition) is 1. The van der Waals surface area contributed by atoms with Crippen molar-refractivity contribution >= 4 is 38.4 Å². The van der Waals surface area contributed by atoms with Gasteiger partial charge in [-0.1, -0.05) is 24.3 Å². The topological polar surface area (TPSA) is 81.3 Å². The number of benzene rings is 1. The largest absolute Gasteiger partial charge is 0.371 e. The third-order valence-corrected chi connectivity index (χ3v) is 6.48. The number of nitrogens with zero attached hydrogens (tertiary/aromatic N) is 3. The minimum absolute atomic E-state index is 0.211. The molecule has 0 bridgehead atoms. The van der Waals surface area contributed by atoms with E-state index >= 15 is 0 Å². The van der Waals surface area contributed by atoms with Crippen LogP contribution in [0.4, 0.5) is 0 Å². The average Bonchev–Trinajstić information content (AvgIpc) is 3.14. The van der Waals surface area contributed by atoms with E-state index in [1.54, 1.807) is 6.20 Å².